The molecule has 0 aromatic heterocycles. The first-order chi connectivity index (χ1) is 15.1. The number of hydrogen-bond acceptors (Lipinski definition) is 8. The van der Waals surface area contributed by atoms with Crippen molar-refractivity contribution in [3.8, 4) is 0 Å². The summed E-state index contributed by atoms with van der Waals surface area (Å²) in [6, 6.07) is 9.14. The predicted octanol–water partition coefficient (Wildman–Crippen LogP) is 2.03. The smallest absolute Gasteiger partial charge is 0.341 e. The molecule has 1 saturated heterocycles. The molecule has 11 nitrogen and oxygen atoms in total. The maximum atomic E-state index is 12.7. The van der Waals surface area contributed by atoms with Gasteiger partial charge >= 0.3 is 5.97 Å². The zero-order chi connectivity index (χ0) is 23.3. The Kier molecular flexibility index (Phi) is 7.05. The van der Waals surface area contributed by atoms with Gasteiger partial charge in [-0.25, -0.2) is 18.4 Å². The first kappa shape index (κ1) is 23.2. The number of non-ortho nitro benzene ring substituents is 1. The summed E-state index contributed by atoms with van der Waals surface area (Å²) in [4.78, 5) is 37.2. The number of nitro benzene ring substituents is 1. The van der Waals surface area contributed by atoms with Crippen molar-refractivity contribution in [3.63, 3.8) is 0 Å². The number of nitrogens with one attached hydrogen (secondary N) is 1. The van der Waals surface area contributed by atoms with E-state index >= 15 is 0 Å². The van der Waals surface area contributed by atoms with Gasteiger partial charge in [0.2, 0.25) is 10.0 Å². The number of sulfonamides is 1. The zero-order valence-corrected chi connectivity index (χ0v) is 17.8. The molecule has 170 valence electrons. The van der Waals surface area contributed by atoms with Crippen molar-refractivity contribution in [3.05, 3.63) is 58.1 Å². The van der Waals surface area contributed by atoms with Crippen LogP contribution >= 0.6 is 0 Å². The minimum absolute atomic E-state index is 0.0198. The molecule has 1 aliphatic rings. The van der Waals surface area contributed by atoms with Gasteiger partial charge in [-0.3, -0.25) is 14.9 Å². The van der Waals surface area contributed by atoms with Crippen molar-refractivity contribution in [1.29, 1.82) is 0 Å². The van der Waals surface area contributed by atoms with Gasteiger partial charge in [-0.1, -0.05) is 0 Å². The molecule has 2 aromatic carbocycles. The number of amides is 1. The van der Waals surface area contributed by atoms with Crippen LogP contribution in [0.15, 0.2) is 47.4 Å². The highest BCUT2D eigenvalue weighted by Gasteiger charge is 2.23. The van der Waals surface area contributed by atoms with Crippen LogP contribution in [0.2, 0.25) is 0 Å². The lowest BCUT2D eigenvalue weighted by atomic mass is 10.1. The van der Waals surface area contributed by atoms with E-state index < -0.39 is 33.4 Å². The fourth-order valence-electron chi connectivity index (χ4n) is 3.35. The quantitative estimate of drug-likeness (QED) is 0.359. The van der Waals surface area contributed by atoms with Gasteiger partial charge in [-0.05, 0) is 49.6 Å². The molecule has 3 rings (SSSR count). The SMILES string of the molecule is NS(=O)(=O)c1ccc(NC(=O)COC(=O)c2cc([N+](=O)[O-])ccc2N2CCCCC2)cc1. The maximum absolute atomic E-state index is 12.7. The lowest BCUT2D eigenvalue weighted by Gasteiger charge is -2.30. The largest absolute Gasteiger partial charge is 0.452 e. The zero-order valence-electron chi connectivity index (χ0n) is 17.0. The Hall–Kier alpha value is -3.51. The van der Waals surface area contributed by atoms with E-state index in [-0.39, 0.29) is 21.8 Å². The van der Waals surface area contributed by atoms with Crippen LogP contribution in [0.5, 0.6) is 0 Å². The molecule has 1 amide bonds. The van der Waals surface area contributed by atoms with Gasteiger partial charge in [-0.15, -0.1) is 0 Å². The molecule has 0 unspecified atom stereocenters. The third kappa shape index (κ3) is 5.80. The Morgan fingerprint density at radius 2 is 1.75 bits per heavy atom. The van der Waals surface area contributed by atoms with Gasteiger partial charge in [0, 0.05) is 30.9 Å². The lowest BCUT2D eigenvalue weighted by Crippen LogP contribution is -2.31. The molecule has 3 N–H and O–H groups in total. The van der Waals surface area contributed by atoms with Crippen molar-refractivity contribution in [2.45, 2.75) is 24.2 Å². The molecule has 12 heteroatoms. The summed E-state index contributed by atoms with van der Waals surface area (Å²) in [5, 5.41) is 18.6. The fourth-order valence-corrected chi connectivity index (χ4v) is 3.86. The number of carbonyl (C=O) groups is 2. The number of hydrogen-bond donors (Lipinski definition) is 2. The third-order valence-electron chi connectivity index (χ3n) is 4.91. The van der Waals surface area contributed by atoms with Crippen molar-refractivity contribution in [1.82, 2.24) is 0 Å². The molecule has 0 atom stereocenters. The van der Waals surface area contributed by atoms with Crippen LogP contribution in [0.3, 0.4) is 0 Å². The Labute approximate surface area is 184 Å². The molecule has 0 spiro atoms. The summed E-state index contributed by atoms with van der Waals surface area (Å²) in [5.41, 5.74) is 0.575. The van der Waals surface area contributed by atoms with Gasteiger partial charge in [0.1, 0.15) is 0 Å². The van der Waals surface area contributed by atoms with Crippen molar-refractivity contribution in [2.75, 3.05) is 29.9 Å². The van der Waals surface area contributed by atoms with E-state index in [1.54, 1.807) is 0 Å². The van der Waals surface area contributed by atoms with E-state index in [4.69, 9.17) is 9.88 Å². The summed E-state index contributed by atoms with van der Waals surface area (Å²) in [7, 11) is -3.86. The standard InChI is InChI=1S/C20H22N4O7S/c21-32(29,30)16-7-4-14(5-8-16)22-19(25)13-31-20(26)17-12-15(24(27)28)6-9-18(17)23-10-2-1-3-11-23/h4-9,12H,1-3,10-11,13H2,(H,22,25)(H2,21,29,30). The highest BCUT2D eigenvalue weighted by atomic mass is 32.2. The number of nitro groups is 1. The van der Waals surface area contributed by atoms with Crippen LogP contribution in [0, 0.1) is 10.1 Å². The second-order valence-electron chi connectivity index (χ2n) is 7.20. The Morgan fingerprint density at radius 3 is 2.34 bits per heavy atom. The molecule has 1 fully saturated rings. The third-order valence-corrected chi connectivity index (χ3v) is 5.84. The number of ether oxygens (including phenoxy) is 1. The number of rotatable bonds is 7. The van der Waals surface area contributed by atoms with Crippen LogP contribution < -0.4 is 15.4 Å². The summed E-state index contributed by atoms with van der Waals surface area (Å²) in [6.45, 7) is 0.804. The van der Waals surface area contributed by atoms with Gasteiger partial charge in [0.15, 0.2) is 6.61 Å². The number of carbonyl (C=O) groups excluding carboxylic acids is 2. The van der Waals surface area contributed by atoms with E-state index in [1.807, 2.05) is 4.90 Å². The summed E-state index contributed by atoms with van der Waals surface area (Å²) in [6.07, 6.45) is 2.96. The number of piperidine rings is 1. The maximum Gasteiger partial charge on any atom is 0.341 e. The number of esters is 1. The molecule has 1 heterocycles. The van der Waals surface area contributed by atoms with Crippen LogP contribution in [-0.4, -0.2) is 44.9 Å². The molecular weight excluding hydrogens is 440 g/mol. The Morgan fingerprint density at radius 1 is 1.09 bits per heavy atom. The minimum Gasteiger partial charge on any atom is -0.452 e. The topological polar surface area (TPSA) is 162 Å². The van der Waals surface area contributed by atoms with Crippen LogP contribution in [0.4, 0.5) is 17.1 Å². The number of nitrogens with two attached hydrogens (primary N) is 1. The van der Waals surface area contributed by atoms with Gasteiger partial charge < -0.3 is 15.0 Å². The highest BCUT2D eigenvalue weighted by Crippen LogP contribution is 2.28. The molecule has 0 bridgehead atoms. The highest BCUT2D eigenvalue weighted by molar-refractivity contribution is 7.89. The normalized spacial score (nSPS) is 14.0. The molecular formula is C20H22N4O7S. The Balaban J connectivity index is 1.68. The van der Waals surface area contributed by atoms with Crippen LogP contribution in [0.25, 0.3) is 0 Å². The molecule has 0 aliphatic carbocycles. The molecule has 32 heavy (non-hydrogen) atoms. The van der Waals surface area contributed by atoms with Gasteiger partial charge in [0.25, 0.3) is 11.6 Å². The van der Waals surface area contributed by atoms with E-state index in [0.717, 1.165) is 25.3 Å². The first-order valence-electron chi connectivity index (χ1n) is 9.78. The minimum atomic E-state index is -3.86. The van der Waals surface area contributed by atoms with Crippen molar-refractivity contribution >= 4 is 39.0 Å². The van der Waals surface area contributed by atoms with E-state index in [9.17, 15) is 28.1 Å². The van der Waals surface area contributed by atoms with Gasteiger partial charge in [0.05, 0.1) is 21.1 Å². The average Bonchev–Trinajstić information content (AvgIpc) is 2.77. The van der Waals surface area contributed by atoms with E-state index in [2.05, 4.69) is 5.32 Å². The Bertz CT molecular complexity index is 1130. The molecule has 0 saturated carbocycles. The molecule has 2 aromatic rings. The summed E-state index contributed by atoms with van der Waals surface area (Å²) >= 11 is 0. The summed E-state index contributed by atoms with van der Waals surface area (Å²) < 4.78 is 27.6. The number of anilines is 2. The van der Waals surface area contributed by atoms with Crippen LogP contribution in [0.1, 0.15) is 29.6 Å². The average molecular weight is 462 g/mol. The number of nitrogens with zero attached hydrogens (tertiary/aromatic N) is 2. The van der Waals surface area contributed by atoms with Crippen LogP contribution in [-0.2, 0) is 19.6 Å². The number of primary sulfonamides is 1. The van der Waals surface area contributed by atoms with E-state index in [0.29, 0.717) is 18.8 Å². The van der Waals surface area contributed by atoms with E-state index in [1.165, 1.54) is 36.4 Å². The van der Waals surface area contributed by atoms with Gasteiger partial charge in [-0.2, -0.15) is 0 Å². The second kappa shape index (κ2) is 9.75. The summed E-state index contributed by atoms with van der Waals surface area (Å²) in [5.74, 6) is -1.51. The lowest BCUT2D eigenvalue weighted by molar-refractivity contribution is -0.384. The monoisotopic (exact) mass is 462 g/mol. The predicted molar refractivity (Wildman–Crippen MR) is 116 cm³/mol. The second-order valence-corrected chi connectivity index (χ2v) is 8.76. The number of benzene rings is 2. The van der Waals surface area contributed by atoms with Crippen molar-refractivity contribution in [2.24, 2.45) is 5.14 Å². The molecule has 1 aliphatic heterocycles. The fraction of sp³-hybridized carbons (Fsp3) is 0.300. The first-order valence-corrected chi connectivity index (χ1v) is 11.3. The molecule has 0 radical (unpaired) electrons. The van der Waals surface area contributed by atoms with Crippen molar-refractivity contribution < 1.29 is 27.7 Å².